The lowest BCUT2D eigenvalue weighted by Crippen LogP contribution is -2.09. The minimum atomic E-state index is 0.932. The van der Waals surface area contributed by atoms with Gasteiger partial charge in [0.15, 0.2) is 0 Å². The van der Waals surface area contributed by atoms with Gasteiger partial charge in [0.2, 0.25) is 0 Å². The van der Waals surface area contributed by atoms with Gasteiger partial charge in [0.1, 0.15) is 0 Å². The Morgan fingerprint density at radius 2 is 1.74 bits per heavy atom. The van der Waals surface area contributed by atoms with Gasteiger partial charge in [-0.25, -0.2) is 0 Å². The molecule has 1 aromatic heterocycles. The molecule has 1 heterocycles. The molecule has 0 aliphatic heterocycles. The van der Waals surface area contributed by atoms with E-state index in [1.165, 1.54) is 22.2 Å². The summed E-state index contributed by atoms with van der Waals surface area (Å²) >= 11 is 0. The Hall–Kier alpha value is -2.22. The maximum absolute atomic E-state index is 3.45. The van der Waals surface area contributed by atoms with Crippen LogP contribution in [0.3, 0.4) is 0 Å². The highest BCUT2D eigenvalue weighted by molar-refractivity contribution is 5.79. The lowest BCUT2D eigenvalue weighted by Gasteiger charge is -2.08. The summed E-state index contributed by atoms with van der Waals surface area (Å²) < 4.78 is 2.29. The van der Waals surface area contributed by atoms with Crippen LogP contribution in [0.15, 0.2) is 60.8 Å². The molecule has 0 atom stereocenters. The van der Waals surface area contributed by atoms with E-state index < -0.39 is 0 Å². The van der Waals surface area contributed by atoms with Crippen molar-refractivity contribution in [3.05, 3.63) is 66.4 Å². The van der Waals surface area contributed by atoms with Crippen LogP contribution < -0.4 is 5.32 Å². The summed E-state index contributed by atoms with van der Waals surface area (Å²) in [5, 5.41) is 4.76. The molecule has 0 saturated heterocycles. The van der Waals surface area contributed by atoms with Gasteiger partial charge in [-0.2, -0.15) is 0 Å². The van der Waals surface area contributed by atoms with Crippen molar-refractivity contribution in [3.63, 3.8) is 0 Å². The Bertz CT molecular complexity index is 665. The Kier molecular flexibility index (Phi) is 3.23. The number of nitrogens with zero attached hydrogens (tertiary/aromatic N) is 1. The standard InChI is InChI=1S/C17H18N2/c1-14-6-8-16(9-7-14)18-11-13-19-12-10-15-4-2-3-5-17(15)19/h2-10,12,18H,11,13H2,1H3. The largest absolute Gasteiger partial charge is 0.383 e. The average molecular weight is 250 g/mol. The first-order chi connectivity index (χ1) is 9.33. The minimum Gasteiger partial charge on any atom is -0.383 e. The molecule has 0 aliphatic carbocycles. The van der Waals surface area contributed by atoms with E-state index in [0.29, 0.717) is 0 Å². The van der Waals surface area contributed by atoms with Crippen LogP contribution in [0.2, 0.25) is 0 Å². The second-order valence-electron chi connectivity index (χ2n) is 4.86. The molecule has 96 valence electrons. The maximum atomic E-state index is 3.45. The summed E-state index contributed by atoms with van der Waals surface area (Å²) in [7, 11) is 0. The fourth-order valence-electron chi connectivity index (χ4n) is 2.33. The predicted octanol–water partition coefficient (Wildman–Crippen LogP) is 4.06. The normalized spacial score (nSPS) is 10.8. The van der Waals surface area contributed by atoms with Crippen molar-refractivity contribution in [3.8, 4) is 0 Å². The summed E-state index contributed by atoms with van der Waals surface area (Å²) in [6.07, 6.45) is 2.15. The Morgan fingerprint density at radius 1 is 0.947 bits per heavy atom. The Labute approximate surface area is 113 Å². The molecule has 0 amide bonds. The summed E-state index contributed by atoms with van der Waals surface area (Å²) in [6, 6.07) is 19.2. The first-order valence-corrected chi connectivity index (χ1v) is 6.67. The third-order valence-corrected chi connectivity index (χ3v) is 3.41. The van der Waals surface area contributed by atoms with E-state index in [1.54, 1.807) is 0 Å². The number of anilines is 1. The fourth-order valence-corrected chi connectivity index (χ4v) is 2.33. The van der Waals surface area contributed by atoms with Crippen LogP contribution in [-0.2, 0) is 6.54 Å². The molecule has 0 spiro atoms. The van der Waals surface area contributed by atoms with Crippen LogP contribution in [0.25, 0.3) is 10.9 Å². The quantitative estimate of drug-likeness (QED) is 0.738. The number of hydrogen-bond donors (Lipinski definition) is 1. The zero-order valence-corrected chi connectivity index (χ0v) is 11.1. The van der Waals surface area contributed by atoms with E-state index in [-0.39, 0.29) is 0 Å². The van der Waals surface area contributed by atoms with Gasteiger partial charge in [-0.05, 0) is 36.6 Å². The van der Waals surface area contributed by atoms with Crippen LogP contribution in [0.4, 0.5) is 5.69 Å². The zero-order chi connectivity index (χ0) is 13.1. The smallest absolute Gasteiger partial charge is 0.0480 e. The molecule has 2 nitrogen and oxygen atoms in total. The van der Waals surface area contributed by atoms with E-state index in [0.717, 1.165) is 13.1 Å². The number of aromatic nitrogens is 1. The highest BCUT2D eigenvalue weighted by Crippen LogP contribution is 2.15. The van der Waals surface area contributed by atoms with Crippen molar-refractivity contribution in [2.24, 2.45) is 0 Å². The molecule has 1 N–H and O–H groups in total. The van der Waals surface area contributed by atoms with Crippen LogP contribution in [0, 0.1) is 6.92 Å². The first kappa shape index (κ1) is 11.8. The van der Waals surface area contributed by atoms with E-state index >= 15 is 0 Å². The van der Waals surface area contributed by atoms with E-state index in [1.807, 2.05) is 0 Å². The summed E-state index contributed by atoms with van der Waals surface area (Å²) in [5.74, 6) is 0. The molecule has 19 heavy (non-hydrogen) atoms. The molecule has 3 rings (SSSR count). The first-order valence-electron chi connectivity index (χ1n) is 6.67. The summed E-state index contributed by atoms with van der Waals surface area (Å²) in [4.78, 5) is 0. The maximum Gasteiger partial charge on any atom is 0.0480 e. The highest BCUT2D eigenvalue weighted by atomic mass is 15.0. The molecule has 0 unspecified atom stereocenters. The van der Waals surface area contributed by atoms with Crippen molar-refractivity contribution < 1.29 is 0 Å². The second-order valence-corrected chi connectivity index (χ2v) is 4.86. The van der Waals surface area contributed by atoms with Gasteiger partial charge in [0, 0.05) is 30.5 Å². The molecule has 2 aromatic carbocycles. The summed E-state index contributed by atoms with van der Waals surface area (Å²) in [5.41, 5.74) is 3.78. The molecular formula is C17H18N2. The van der Waals surface area contributed by atoms with Gasteiger partial charge in [-0.15, -0.1) is 0 Å². The van der Waals surface area contributed by atoms with E-state index in [9.17, 15) is 0 Å². The number of fused-ring (bicyclic) bond motifs is 1. The molecule has 3 aromatic rings. The zero-order valence-electron chi connectivity index (χ0n) is 11.1. The minimum absolute atomic E-state index is 0.932. The van der Waals surface area contributed by atoms with Gasteiger partial charge in [0.05, 0.1) is 0 Å². The van der Waals surface area contributed by atoms with Gasteiger partial charge >= 0.3 is 0 Å². The Morgan fingerprint density at radius 3 is 2.58 bits per heavy atom. The van der Waals surface area contributed by atoms with Crippen LogP contribution >= 0.6 is 0 Å². The lowest BCUT2D eigenvalue weighted by atomic mass is 10.2. The number of aryl methyl sites for hydroxylation is 1. The number of para-hydroxylation sites is 1. The molecule has 0 fully saturated rings. The molecule has 0 saturated carbocycles. The van der Waals surface area contributed by atoms with Crippen LogP contribution in [-0.4, -0.2) is 11.1 Å². The predicted molar refractivity (Wildman–Crippen MR) is 81.6 cm³/mol. The number of nitrogens with one attached hydrogen (secondary N) is 1. The molecule has 0 bridgehead atoms. The highest BCUT2D eigenvalue weighted by Gasteiger charge is 1.99. The van der Waals surface area contributed by atoms with Crippen LogP contribution in [0.1, 0.15) is 5.56 Å². The fraction of sp³-hybridized carbons (Fsp3) is 0.176. The van der Waals surface area contributed by atoms with E-state index in [4.69, 9.17) is 0 Å². The van der Waals surface area contributed by atoms with Crippen molar-refractivity contribution in [1.29, 1.82) is 0 Å². The van der Waals surface area contributed by atoms with Gasteiger partial charge in [0.25, 0.3) is 0 Å². The van der Waals surface area contributed by atoms with Crippen molar-refractivity contribution >= 4 is 16.6 Å². The molecule has 0 radical (unpaired) electrons. The Balaban J connectivity index is 1.65. The number of benzene rings is 2. The van der Waals surface area contributed by atoms with Gasteiger partial charge in [-0.1, -0.05) is 35.9 Å². The third kappa shape index (κ3) is 2.63. The number of hydrogen-bond acceptors (Lipinski definition) is 1. The van der Waals surface area contributed by atoms with Crippen LogP contribution in [0.5, 0.6) is 0 Å². The van der Waals surface area contributed by atoms with Crippen molar-refractivity contribution in [2.75, 3.05) is 11.9 Å². The van der Waals surface area contributed by atoms with Gasteiger partial charge < -0.3 is 9.88 Å². The van der Waals surface area contributed by atoms with Gasteiger partial charge in [-0.3, -0.25) is 0 Å². The number of rotatable bonds is 4. The van der Waals surface area contributed by atoms with E-state index in [2.05, 4.69) is 77.6 Å². The second kappa shape index (κ2) is 5.19. The van der Waals surface area contributed by atoms with Crippen molar-refractivity contribution in [1.82, 2.24) is 4.57 Å². The monoisotopic (exact) mass is 250 g/mol. The topological polar surface area (TPSA) is 17.0 Å². The lowest BCUT2D eigenvalue weighted by molar-refractivity contribution is 0.757. The molecular weight excluding hydrogens is 232 g/mol. The average Bonchev–Trinajstić information content (AvgIpc) is 2.85. The summed E-state index contributed by atoms with van der Waals surface area (Å²) in [6.45, 7) is 4.01. The third-order valence-electron chi connectivity index (χ3n) is 3.41. The van der Waals surface area contributed by atoms with Crippen molar-refractivity contribution in [2.45, 2.75) is 13.5 Å². The SMILES string of the molecule is Cc1ccc(NCCn2ccc3ccccc32)cc1. The molecule has 2 heteroatoms. The molecule has 0 aliphatic rings.